The van der Waals surface area contributed by atoms with Gasteiger partial charge in [0.25, 0.3) is 5.91 Å². The fraction of sp³-hybridized carbons (Fsp3) is 0.583. The Bertz CT molecular complexity index is 385. The summed E-state index contributed by atoms with van der Waals surface area (Å²) in [5.74, 6) is 0.721. The lowest BCUT2D eigenvalue weighted by atomic mass is 9.94. The zero-order valence-corrected chi connectivity index (χ0v) is 10.7. The van der Waals surface area contributed by atoms with Crippen LogP contribution in [0.5, 0.6) is 0 Å². The lowest BCUT2D eigenvalue weighted by Crippen LogP contribution is -2.38. The summed E-state index contributed by atoms with van der Waals surface area (Å²) in [5.41, 5.74) is 0.379. The second-order valence-corrected chi connectivity index (χ2v) is 4.76. The van der Waals surface area contributed by atoms with Crippen molar-refractivity contribution >= 4 is 17.5 Å². The molecule has 0 radical (unpaired) electrons. The minimum Gasteiger partial charge on any atom is -0.337 e. The van der Waals surface area contributed by atoms with Gasteiger partial charge in [-0.1, -0.05) is 24.9 Å². The lowest BCUT2D eigenvalue weighted by Gasteiger charge is -2.31. The highest BCUT2D eigenvalue weighted by Gasteiger charge is 2.23. The van der Waals surface area contributed by atoms with Gasteiger partial charge in [-0.2, -0.15) is 0 Å². The molecule has 0 bridgehead atoms. The average molecular weight is 254 g/mol. The first-order valence-electron chi connectivity index (χ1n) is 5.97. The number of nitrogens with zero attached hydrogens (tertiary/aromatic N) is 3. The predicted molar refractivity (Wildman–Crippen MR) is 66.0 cm³/mol. The lowest BCUT2D eigenvalue weighted by molar-refractivity contribution is 0.0682. The summed E-state index contributed by atoms with van der Waals surface area (Å²) in [4.78, 5) is 21.8. The van der Waals surface area contributed by atoms with Gasteiger partial charge in [-0.05, 0) is 18.8 Å². The van der Waals surface area contributed by atoms with E-state index in [1.807, 2.05) is 4.90 Å². The molecule has 17 heavy (non-hydrogen) atoms. The van der Waals surface area contributed by atoms with E-state index >= 15 is 0 Å². The maximum absolute atomic E-state index is 12.1. The third kappa shape index (κ3) is 2.94. The van der Waals surface area contributed by atoms with E-state index in [0.29, 0.717) is 10.8 Å². The highest BCUT2D eigenvalue weighted by molar-refractivity contribution is 6.29. The van der Waals surface area contributed by atoms with Crippen LogP contribution in [-0.4, -0.2) is 33.9 Å². The topological polar surface area (TPSA) is 46.1 Å². The Morgan fingerprint density at radius 3 is 2.65 bits per heavy atom. The van der Waals surface area contributed by atoms with E-state index in [9.17, 15) is 4.79 Å². The largest absolute Gasteiger partial charge is 0.337 e. The highest BCUT2D eigenvalue weighted by atomic mass is 35.5. The number of hydrogen-bond acceptors (Lipinski definition) is 3. The average Bonchev–Trinajstić information content (AvgIpc) is 2.39. The van der Waals surface area contributed by atoms with Gasteiger partial charge >= 0.3 is 0 Å². The van der Waals surface area contributed by atoms with Crippen molar-refractivity contribution in [3.8, 4) is 0 Å². The van der Waals surface area contributed by atoms with Crippen LogP contribution >= 0.6 is 11.6 Å². The minimum absolute atomic E-state index is 0.0382. The first-order valence-corrected chi connectivity index (χ1v) is 6.35. The molecule has 0 aromatic carbocycles. The van der Waals surface area contributed by atoms with Gasteiger partial charge in [0.15, 0.2) is 0 Å². The molecule has 0 unspecified atom stereocenters. The Hall–Kier alpha value is -1.16. The molecule has 1 aliphatic heterocycles. The second-order valence-electron chi connectivity index (χ2n) is 4.37. The van der Waals surface area contributed by atoms with Crippen LogP contribution in [0.15, 0.2) is 12.4 Å². The number of piperidine rings is 1. The van der Waals surface area contributed by atoms with Crippen LogP contribution in [0.2, 0.25) is 5.15 Å². The molecular weight excluding hydrogens is 238 g/mol. The van der Waals surface area contributed by atoms with Crippen molar-refractivity contribution < 1.29 is 4.79 Å². The number of carbonyl (C=O) groups is 1. The zero-order valence-electron chi connectivity index (χ0n) is 9.90. The SMILES string of the molecule is CCC1CCN(C(=O)c2cnc(Cl)cn2)CC1. The standard InChI is InChI=1S/C12H16ClN3O/c1-2-9-3-5-16(6-4-9)12(17)10-7-15-11(13)8-14-10/h7-9H,2-6H2,1H3. The predicted octanol–water partition coefficient (Wildman–Crippen LogP) is 2.39. The summed E-state index contributed by atoms with van der Waals surface area (Å²) in [6.45, 7) is 3.84. The summed E-state index contributed by atoms with van der Waals surface area (Å²) in [5, 5.41) is 0.311. The summed E-state index contributed by atoms with van der Waals surface area (Å²) >= 11 is 5.64. The van der Waals surface area contributed by atoms with Crippen LogP contribution < -0.4 is 0 Å². The molecule has 92 valence electrons. The zero-order chi connectivity index (χ0) is 12.3. The molecule has 0 spiro atoms. The minimum atomic E-state index is -0.0382. The van der Waals surface area contributed by atoms with Crippen LogP contribution in [0.1, 0.15) is 36.7 Å². The molecular formula is C12H16ClN3O. The number of hydrogen-bond donors (Lipinski definition) is 0. The molecule has 1 aliphatic rings. The van der Waals surface area contributed by atoms with Gasteiger partial charge in [0.05, 0.1) is 12.4 Å². The third-order valence-corrected chi connectivity index (χ3v) is 3.51. The molecule has 1 fully saturated rings. The van der Waals surface area contributed by atoms with Crippen LogP contribution in [0.3, 0.4) is 0 Å². The highest BCUT2D eigenvalue weighted by Crippen LogP contribution is 2.20. The molecule has 2 heterocycles. The second kappa shape index (κ2) is 5.45. The summed E-state index contributed by atoms with van der Waals surface area (Å²) in [7, 11) is 0. The maximum Gasteiger partial charge on any atom is 0.274 e. The van der Waals surface area contributed by atoms with Crippen molar-refractivity contribution in [2.24, 2.45) is 5.92 Å². The molecule has 4 nitrogen and oxygen atoms in total. The van der Waals surface area contributed by atoms with E-state index in [1.165, 1.54) is 18.8 Å². The van der Waals surface area contributed by atoms with Crippen molar-refractivity contribution in [3.63, 3.8) is 0 Å². The number of amides is 1. The van der Waals surface area contributed by atoms with Crippen molar-refractivity contribution in [3.05, 3.63) is 23.2 Å². The number of aromatic nitrogens is 2. The molecule has 5 heteroatoms. The molecule has 1 amide bonds. The third-order valence-electron chi connectivity index (χ3n) is 3.32. The van der Waals surface area contributed by atoms with Crippen molar-refractivity contribution in [1.29, 1.82) is 0 Å². The smallest absolute Gasteiger partial charge is 0.274 e. The van der Waals surface area contributed by atoms with E-state index in [-0.39, 0.29) is 5.91 Å². The van der Waals surface area contributed by atoms with E-state index < -0.39 is 0 Å². The van der Waals surface area contributed by atoms with Gasteiger partial charge in [-0.3, -0.25) is 4.79 Å². The van der Waals surface area contributed by atoms with E-state index in [1.54, 1.807) is 0 Å². The normalized spacial score (nSPS) is 17.2. The quantitative estimate of drug-likeness (QED) is 0.813. The molecule has 1 saturated heterocycles. The number of rotatable bonds is 2. The molecule has 0 N–H and O–H groups in total. The van der Waals surface area contributed by atoms with Crippen molar-refractivity contribution in [2.45, 2.75) is 26.2 Å². The molecule has 0 aliphatic carbocycles. The Labute approximate surface area is 106 Å². The Morgan fingerprint density at radius 2 is 2.12 bits per heavy atom. The first kappa shape index (κ1) is 12.3. The Morgan fingerprint density at radius 1 is 1.41 bits per heavy atom. The fourth-order valence-electron chi connectivity index (χ4n) is 2.13. The summed E-state index contributed by atoms with van der Waals surface area (Å²) in [6.07, 6.45) is 6.22. The van der Waals surface area contributed by atoms with Crippen LogP contribution in [0, 0.1) is 5.92 Å². The monoisotopic (exact) mass is 253 g/mol. The Balaban J connectivity index is 1.99. The summed E-state index contributed by atoms with van der Waals surface area (Å²) < 4.78 is 0. The maximum atomic E-state index is 12.1. The van der Waals surface area contributed by atoms with Crippen LogP contribution in [0.4, 0.5) is 0 Å². The molecule has 1 aromatic rings. The summed E-state index contributed by atoms with van der Waals surface area (Å²) in [6, 6.07) is 0. The molecule has 1 aromatic heterocycles. The van der Waals surface area contributed by atoms with Gasteiger partial charge in [-0.15, -0.1) is 0 Å². The van der Waals surface area contributed by atoms with Crippen LogP contribution in [0.25, 0.3) is 0 Å². The first-order chi connectivity index (χ1) is 8.20. The van der Waals surface area contributed by atoms with Crippen molar-refractivity contribution in [1.82, 2.24) is 14.9 Å². The van der Waals surface area contributed by atoms with E-state index in [4.69, 9.17) is 11.6 Å². The van der Waals surface area contributed by atoms with E-state index in [2.05, 4.69) is 16.9 Å². The van der Waals surface area contributed by atoms with Crippen molar-refractivity contribution in [2.75, 3.05) is 13.1 Å². The van der Waals surface area contributed by atoms with Gasteiger partial charge in [0.2, 0.25) is 0 Å². The van der Waals surface area contributed by atoms with Crippen LogP contribution in [-0.2, 0) is 0 Å². The Kier molecular flexibility index (Phi) is 3.94. The van der Waals surface area contributed by atoms with Gasteiger partial charge in [0, 0.05) is 13.1 Å². The van der Waals surface area contributed by atoms with E-state index in [0.717, 1.165) is 31.8 Å². The van der Waals surface area contributed by atoms with Gasteiger partial charge in [0.1, 0.15) is 10.8 Å². The molecule has 2 rings (SSSR count). The fourth-order valence-corrected chi connectivity index (χ4v) is 2.23. The number of likely N-dealkylation sites (tertiary alicyclic amines) is 1. The number of carbonyl (C=O) groups excluding carboxylic acids is 1. The van der Waals surface area contributed by atoms with Gasteiger partial charge < -0.3 is 4.90 Å². The molecule has 0 atom stereocenters. The van der Waals surface area contributed by atoms with Gasteiger partial charge in [-0.25, -0.2) is 9.97 Å². The number of halogens is 1. The molecule has 0 saturated carbocycles.